The maximum absolute atomic E-state index is 8.55. The van der Waals surface area contributed by atoms with Gasteiger partial charge in [0.15, 0.2) is 0 Å². The van der Waals surface area contributed by atoms with Gasteiger partial charge in [0.1, 0.15) is 6.23 Å². The van der Waals surface area contributed by atoms with Crippen LogP contribution in [0, 0.1) is 0 Å². The van der Waals surface area contributed by atoms with Crippen LogP contribution in [0.25, 0.3) is 0 Å². The maximum Gasteiger partial charge on any atom is 0.102 e. The van der Waals surface area contributed by atoms with Gasteiger partial charge in [-0.05, 0) is 24.9 Å². The van der Waals surface area contributed by atoms with Crippen LogP contribution in [0.3, 0.4) is 0 Å². The molecule has 0 aromatic rings. The van der Waals surface area contributed by atoms with Crippen LogP contribution in [0.4, 0.5) is 0 Å². The predicted molar refractivity (Wildman–Crippen MR) is 37.8 cm³/mol. The van der Waals surface area contributed by atoms with E-state index in [2.05, 4.69) is 0 Å². The van der Waals surface area contributed by atoms with E-state index in [1.54, 1.807) is 11.8 Å². The SMILES string of the molecule is CSCCC[C@@H](N)O. The fourth-order valence-electron chi connectivity index (χ4n) is 0.437. The largest absolute Gasteiger partial charge is 0.379 e. The summed E-state index contributed by atoms with van der Waals surface area (Å²) in [5.41, 5.74) is 5.08. The molecule has 0 rings (SSSR count). The Morgan fingerprint density at radius 3 is 2.75 bits per heavy atom. The zero-order valence-corrected chi connectivity index (χ0v) is 5.95. The molecule has 0 spiro atoms. The summed E-state index contributed by atoms with van der Waals surface area (Å²) in [5.74, 6) is 1.09. The third kappa shape index (κ3) is 6.27. The fourth-order valence-corrected chi connectivity index (χ4v) is 0.892. The molecule has 0 aliphatic heterocycles. The average Bonchev–Trinajstić information content (AvgIpc) is 1.66. The summed E-state index contributed by atoms with van der Waals surface area (Å²) < 4.78 is 0. The van der Waals surface area contributed by atoms with Crippen molar-refractivity contribution in [3.05, 3.63) is 0 Å². The maximum atomic E-state index is 8.55. The minimum Gasteiger partial charge on any atom is -0.379 e. The van der Waals surface area contributed by atoms with Gasteiger partial charge in [0.2, 0.25) is 0 Å². The van der Waals surface area contributed by atoms with Gasteiger partial charge in [-0.15, -0.1) is 0 Å². The Kier molecular flexibility index (Phi) is 5.59. The van der Waals surface area contributed by atoms with E-state index < -0.39 is 6.23 Å². The van der Waals surface area contributed by atoms with Crippen LogP contribution in [-0.4, -0.2) is 23.3 Å². The lowest BCUT2D eigenvalue weighted by Gasteiger charge is -2.00. The molecule has 0 aromatic carbocycles. The number of aliphatic hydroxyl groups is 1. The first-order valence-electron chi connectivity index (χ1n) is 2.70. The second-order valence-electron chi connectivity index (χ2n) is 1.70. The predicted octanol–water partition coefficient (Wildman–Crippen LogP) is 0.407. The number of nitrogens with two attached hydrogens (primary N) is 1. The lowest BCUT2D eigenvalue weighted by Crippen LogP contribution is -2.18. The lowest BCUT2D eigenvalue weighted by atomic mass is 10.3. The van der Waals surface area contributed by atoms with E-state index in [4.69, 9.17) is 10.8 Å². The molecular weight excluding hydrogens is 122 g/mol. The average molecular weight is 135 g/mol. The Morgan fingerprint density at radius 2 is 2.38 bits per heavy atom. The normalized spacial score (nSPS) is 13.9. The lowest BCUT2D eigenvalue weighted by molar-refractivity contribution is 0.171. The van der Waals surface area contributed by atoms with E-state index in [1.165, 1.54) is 0 Å². The Labute approximate surface area is 54.5 Å². The molecule has 0 aliphatic carbocycles. The highest BCUT2D eigenvalue weighted by Gasteiger charge is 1.92. The first kappa shape index (κ1) is 8.27. The highest BCUT2D eigenvalue weighted by Crippen LogP contribution is 1.99. The smallest absolute Gasteiger partial charge is 0.102 e. The molecule has 0 bridgehead atoms. The van der Waals surface area contributed by atoms with Gasteiger partial charge in [0.25, 0.3) is 0 Å². The molecule has 8 heavy (non-hydrogen) atoms. The minimum atomic E-state index is -0.609. The Morgan fingerprint density at radius 1 is 1.75 bits per heavy atom. The molecule has 0 saturated carbocycles. The van der Waals surface area contributed by atoms with Crippen molar-refractivity contribution in [2.45, 2.75) is 19.1 Å². The van der Waals surface area contributed by atoms with Crippen molar-refractivity contribution in [1.29, 1.82) is 0 Å². The van der Waals surface area contributed by atoms with Crippen molar-refractivity contribution in [1.82, 2.24) is 0 Å². The van der Waals surface area contributed by atoms with E-state index in [-0.39, 0.29) is 0 Å². The van der Waals surface area contributed by atoms with E-state index in [9.17, 15) is 0 Å². The standard InChI is InChI=1S/C5H13NOS/c1-8-4-2-3-5(6)7/h5,7H,2-4,6H2,1H3/t5-/m0/s1. The fraction of sp³-hybridized carbons (Fsp3) is 1.00. The summed E-state index contributed by atoms with van der Waals surface area (Å²) in [7, 11) is 0. The molecule has 0 aliphatic rings. The van der Waals surface area contributed by atoms with Crippen LogP contribution in [0.1, 0.15) is 12.8 Å². The third-order valence-electron chi connectivity index (χ3n) is 0.848. The van der Waals surface area contributed by atoms with Crippen LogP contribution in [0.2, 0.25) is 0 Å². The van der Waals surface area contributed by atoms with Gasteiger partial charge in [-0.1, -0.05) is 0 Å². The quantitative estimate of drug-likeness (QED) is 0.433. The molecule has 3 N–H and O–H groups in total. The molecule has 0 amide bonds. The van der Waals surface area contributed by atoms with Crippen molar-refractivity contribution in [2.75, 3.05) is 12.0 Å². The van der Waals surface area contributed by atoms with Gasteiger partial charge < -0.3 is 10.8 Å². The van der Waals surface area contributed by atoms with Gasteiger partial charge in [-0.25, -0.2) is 0 Å². The summed E-state index contributed by atoms with van der Waals surface area (Å²) in [5, 5.41) is 8.55. The first-order valence-corrected chi connectivity index (χ1v) is 4.09. The molecular formula is C5H13NOS. The second-order valence-corrected chi connectivity index (χ2v) is 2.69. The highest BCUT2D eigenvalue weighted by molar-refractivity contribution is 7.98. The minimum absolute atomic E-state index is 0.609. The topological polar surface area (TPSA) is 46.2 Å². The molecule has 1 atom stereocenters. The van der Waals surface area contributed by atoms with Gasteiger partial charge >= 0.3 is 0 Å². The van der Waals surface area contributed by atoms with Crippen molar-refractivity contribution < 1.29 is 5.11 Å². The third-order valence-corrected chi connectivity index (χ3v) is 1.55. The number of hydrogen-bond acceptors (Lipinski definition) is 3. The number of aliphatic hydroxyl groups excluding tert-OH is 1. The van der Waals surface area contributed by atoms with Crippen molar-refractivity contribution >= 4 is 11.8 Å². The molecule has 50 valence electrons. The van der Waals surface area contributed by atoms with Gasteiger partial charge in [-0.3, -0.25) is 0 Å². The first-order chi connectivity index (χ1) is 3.77. The second kappa shape index (κ2) is 5.41. The Hall–Kier alpha value is 0.270. The summed E-state index contributed by atoms with van der Waals surface area (Å²) in [6.07, 6.45) is 3.17. The van der Waals surface area contributed by atoms with E-state index >= 15 is 0 Å². The number of thioether (sulfide) groups is 1. The zero-order valence-electron chi connectivity index (χ0n) is 5.13. The number of hydrogen-bond donors (Lipinski definition) is 2. The monoisotopic (exact) mass is 135 g/mol. The van der Waals surface area contributed by atoms with Crippen LogP contribution in [0.15, 0.2) is 0 Å². The van der Waals surface area contributed by atoms with Crippen LogP contribution < -0.4 is 5.73 Å². The Balaban J connectivity index is 2.72. The van der Waals surface area contributed by atoms with E-state index in [1.807, 2.05) is 6.26 Å². The molecule has 0 unspecified atom stereocenters. The van der Waals surface area contributed by atoms with E-state index in [0.717, 1.165) is 18.6 Å². The Bertz CT molecular complexity index is 49.7. The highest BCUT2D eigenvalue weighted by atomic mass is 32.2. The molecule has 0 radical (unpaired) electrons. The molecule has 0 heterocycles. The van der Waals surface area contributed by atoms with Crippen molar-refractivity contribution in [3.8, 4) is 0 Å². The van der Waals surface area contributed by atoms with Gasteiger partial charge in [0, 0.05) is 0 Å². The van der Waals surface area contributed by atoms with Crippen molar-refractivity contribution in [3.63, 3.8) is 0 Å². The van der Waals surface area contributed by atoms with Gasteiger partial charge in [0.05, 0.1) is 0 Å². The number of rotatable bonds is 4. The summed E-state index contributed by atoms with van der Waals surface area (Å²) >= 11 is 1.78. The molecule has 0 saturated heterocycles. The van der Waals surface area contributed by atoms with Crippen LogP contribution in [0.5, 0.6) is 0 Å². The van der Waals surface area contributed by atoms with E-state index in [0.29, 0.717) is 0 Å². The molecule has 0 fully saturated rings. The van der Waals surface area contributed by atoms with Gasteiger partial charge in [-0.2, -0.15) is 11.8 Å². The van der Waals surface area contributed by atoms with Crippen molar-refractivity contribution in [2.24, 2.45) is 5.73 Å². The summed E-state index contributed by atoms with van der Waals surface area (Å²) in [4.78, 5) is 0. The summed E-state index contributed by atoms with van der Waals surface area (Å²) in [6.45, 7) is 0. The zero-order chi connectivity index (χ0) is 6.41. The summed E-state index contributed by atoms with van der Waals surface area (Å²) in [6, 6.07) is 0. The molecule has 0 aromatic heterocycles. The molecule has 2 nitrogen and oxygen atoms in total. The van der Waals surface area contributed by atoms with Crippen LogP contribution >= 0.6 is 11.8 Å². The molecule has 3 heteroatoms. The van der Waals surface area contributed by atoms with Crippen LogP contribution in [-0.2, 0) is 0 Å².